The van der Waals surface area contributed by atoms with Crippen molar-refractivity contribution in [3.8, 4) is 0 Å². The van der Waals surface area contributed by atoms with Gasteiger partial charge in [0.25, 0.3) is 5.91 Å². The summed E-state index contributed by atoms with van der Waals surface area (Å²) in [5.74, 6) is 2.50. The molecule has 122 valence electrons. The van der Waals surface area contributed by atoms with Crippen molar-refractivity contribution in [2.45, 2.75) is 45.7 Å². The van der Waals surface area contributed by atoms with Crippen molar-refractivity contribution in [2.24, 2.45) is 22.6 Å². The average Bonchev–Trinajstić information content (AvgIpc) is 2.91. The van der Waals surface area contributed by atoms with Crippen LogP contribution in [0.25, 0.3) is 0 Å². The first-order valence-electron chi connectivity index (χ1n) is 7.83. The zero-order valence-corrected chi connectivity index (χ0v) is 13.6. The highest BCUT2D eigenvalue weighted by Crippen LogP contribution is 2.28. The fourth-order valence-electron chi connectivity index (χ4n) is 3.23. The van der Waals surface area contributed by atoms with E-state index in [4.69, 9.17) is 10.2 Å². The van der Waals surface area contributed by atoms with Gasteiger partial charge in [0.15, 0.2) is 11.7 Å². The molecule has 2 atom stereocenters. The van der Waals surface area contributed by atoms with E-state index in [0.29, 0.717) is 18.3 Å². The molecule has 1 heterocycles. The lowest BCUT2D eigenvalue weighted by atomic mass is 9.80. The van der Waals surface area contributed by atoms with E-state index in [1.807, 2.05) is 0 Å². The van der Waals surface area contributed by atoms with E-state index in [2.05, 4.69) is 29.5 Å². The van der Waals surface area contributed by atoms with E-state index >= 15 is 0 Å². The molecule has 0 aliphatic heterocycles. The van der Waals surface area contributed by atoms with Gasteiger partial charge >= 0.3 is 0 Å². The van der Waals surface area contributed by atoms with Crippen LogP contribution in [0.2, 0.25) is 0 Å². The molecule has 1 aliphatic carbocycles. The van der Waals surface area contributed by atoms with Gasteiger partial charge in [-0.25, -0.2) is 0 Å². The van der Waals surface area contributed by atoms with Crippen LogP contribution in [0.5, 0.6) is 0 Å². The van der Waals surface area contributed by atoms with Crippen LogP contribution in [-0.4, -0.2) is 25.0 Å². The summed E-state index contributed by atoms with van der Waals surface area (Å²) in [4.78, 5) is 15.3. The Morgan fingerprint density at radius 3 is 2.55 bits per heavy atom. The van der Waals surface area contributed by atoms with Crippen molar-refractivity contribution in [3.63, 3.8) is 0 Å². The summed E-state index contributed by atoms with van der Waals surface area (Å²) >= 11 is 0. The van der Waals surface area contributed by atoms with Crippen LogP contribution in [0.15, 0.2) is 21.5 Å². The van der Waals surface area contributed by atoms with Gasteiger partial charge in [0.1, 0.15) is 5.76 Å². The van der Waals surface area contributed by atoms with Crippen LogP contribution in [0, 0.1) is 11.8 Å². The number of hydrogen-bond donors (Lipinski definition) is 3. The van der Waals surface area contributed by atoms with Gasteiger partial charge in [-0.1, -0.05) is 13.8 Å². The third-order valence-corrected chi connectivity index (χ3v) is 4.08. The lowest BCUT2D eigenvalue weighted by Gasteiger charge is -2.32. The van der Waals surface area contributed by atoms with Crippen molar-refractivity contribution in [1.29, 1.82) is 0 Å². The minimum atomic E-state index is -0.557. The number of nitrogens with one attached hydrogen (secondary N) is 2. The Morgan fingerprint density at radius 2 is 2.00 bits per heavy atom. The second kappa shape index (κ2) is 7.33. The van der Waals surface area contributed by atoms with Gasteiger partial charge in [0.2, 0.25) is 0 Å². The van der Waals surface area contributed by atoms with Gasteiger partial charge in [-0.3, -0.25) is 9.79 Å². The molecule has 22 heavy (non-hydrogen) atoms. The first-order chi connectivity index (χ1) is 10.5. The summed E-state index contributed by atoms with van der Waals surface area (Å²) in [6.07, 6.45) is 3.63. The molecule has 0 bridgehead atoms. The molecule has 4 N–H and O–H groups in total. The lowest BCUT2D eigenvalue weighted by molar-refractivity contribution is 0.0972. The van der Waals surface area contributed by atoms with Crippen LogP contribution in [0.4, 0.5) is 0 Å². The van der Waals surface area contributed by atoms with E-state index in [9.17, 15) is 4.79 Å². The Hall–Kier alpha value is -1.98. The molecule has 1 saturated carbocycles. The Morgan fingerprint density at radius 1 is 1.32 bits per heavy atom. The Balaban J connectivity index is 1.85. The summed E-state index contributed by atoms with van der Waals surface area (Å²) in [6.45, 7) is 5.06. The minimum absolute atomic E-state index is 0.176. The van der Waals surface area contributed by atoms with Gasteiger partial charge in [-0.05, 0) is 43.2 Å². The Bertz CT molecular complexity index is 528. The van der Waals surface area contributed by atoms with E-state index in [1.54, 1.807) is 19.2 Å². The largest absolute Gasteiger partial charge is 0.454 e. The second-order valence-electron chi connectivity index (χ2n) is 6.31. The van der Waals surface area contributed by atoms with Crippen molar-refractivity contribution < 1.29 is 9.21 Å². The number of hydrogen-bond acceptors (Lipinski definition) is 3. The van der Waals surface area contributed by atoms with Crippen molar-refractivity contribution >= 4 is 11.9 Å². The number of guanidine groups is 1. The number of nitrogens with zero attached hydrogens (tertiary/aromatic N) is 1. The predicted molar refractivity (Wildman–Crippen MR) is 86.5 cm³/mol. The van der Waals surface area contributed by atoms with Crippen molar-refractivity contribution in [1.82, 2.24) is 10.6 Å². The zero-order valence-electron chi connectivity index (χ0n) is 13.6. The second-order valence-corrected chi connectivity index (χ2v) is 6.31. The smallest absolute Gasteiger partial charge is 0.284 e. The molecular weight excluding hydrogens is 280 g/mol. The summed E-state index contributed by atoms with van der Waals surface area (Å²) in [5.41, 5.74) is 5.17. The van der Waals surface area contributed by atoms with Crippen LogP contribution in [0.3, 0.4) is 0 Å². The molecule has 6 heteroatoms. The van der Waals surface area contributed by atoms with E-state index in [-0.39, 0.29) is 5.76 Å². The summed E-state index contributed by atoms with van der Waals surface area (Å²) < 4.78 is 5.34. The van der Waals surface area contributed by atoms with E-state index in [1.165, 1.54) is 6.42 Å². The lowest BCUT2D eigenvalue weighted by Crippen LogP contribution is -2.45. The van der Waals surface area contributed by atoms with Crippen LogP contribution in [0.1, 0.15) is 49.4 Å². The van der Waals surface area contributed by atoms with Gasteiger partial charge in [-0.15, -0.1) is 0 Å². The molecule has 0 saturated heterocycles. The Labute approximate surface area is 131 Å². The topological polar surface area (TPSA) is 92.6 Å². The van der Waals surface area contributed by atoms with Gasteiger partial charge in [-0.2, -0.15) is 0 Å². The van der Waals surface area contributed by atoms with E-state index < -0.39 is 5.91 Å². The molecule has 2 rings (SSSR count). The van der Waals surface area contributed by atoms with E-state index in [0.717, 1.165) is 30.6 Å². The average molecular weight is 306 g/mol. The van der Waals surface area contributed by atoms with Crippen LogP contribution < -0.4 is 16.4 Å². The quantitative estimate of drug-likeness (QED) is 0.585. The maximum Gasteiger partial charge on any atom is 0.284 e. The number of carbonyl (C=O) groups is 1. The highest BCUT2D eigenvalue weighted by molar-refractivity contribution is 5.89. The molecular formula is C16H26N4O2. The number of nitrogens with two attached hydrogens (primary N) is 1. The molecule has 1 aromatic heterocycles. The summed E-state index contributed by atoms with van der Waals surface area (Å²) in [7, 11) is 1.75. The van der Waals surface area contributed by atoms with Crippen LogP contribution >= 0.6 is 0 Å². The highest BCUT2D eigenvalue weighted by atomic mass is 16.3. The molecule has 2 unspecified atom stereocenters. The predicted octanol–water partition coefficient (Wildman–Crippen LogP) is 1.87. The number of aliphatic imine (C=N–C) groups is 1. The van der Waals surface area contributed by atoms with Crippen molar-refractivity contribution in [3.05, 3.63) is 23.7 Å². The maximum atomic E-state index is 11.0. The number of primary amides is 1. The molecule has 0 aromatic carbocycles. The maximum absolute atomic E-state index is 11.0. The SMILES string of the molecule is CN=C(NCc1ccc(C(N)=O)o1)NC1CC(C)CC(C)C1. The fourth-order valence-corrected chi connectivity index (χ4v) is 3.23. The molecule has 1 aliphatic rings. The van der Waals surface area contributed by atoms with Crippen molar-refractivity contribution in [2.75, 3.05) is 7.05 Å². The molecule has 1 aromatic rings. The number of rotatable bonds is 4. The highest BCUT2D eigenvalue weighted by Gasteiger charge is 2.24. The standard InChI is InChI=1S/C16H26N4O2/c1-10-6-11(2)8-12(7-10)20-16(18-3)19-9-13-4-5-14(22-13)15(17)21/h4-5,10-12H,6-9H2,1-3H3,(H2,17,21)(H2,18,19,20). The van der Waals surface area contributed by atoms with Gasteiger partial charge in [0.05, 0.1) is 6.54 Å². The number of carbonyl (C=O) groups excluding carboxylic acids is 1. The Kier molecular flexibility index (Phi) is 5.46. The molecule has 1 fully saturated rings. The van der Waals surface area contributed by atoms with Gasteiger partial charge < -0.3 is 20.8 Å². The molecule has 0 radical (unpaired) electrons. The third-order valence-electron chi connectivity index (χ3n) is 4.08. The first kappa shape index (κ1) is 16.4. The number of furan rings is 1. The van der Waals surface area contributed by atoms with Gasteiger partial charge in [0, 0.05) is 13.1 Å². The normalized spacial score (nSPS) is 25.8. The summed E-state index contributed by atoms with van der Waals surface area (Å²) in [5, 5.41) is 6.68. The third kappa shape index (κ3) is 4.51. The summed E-state index contributed by atoms with van der Waals surface area (Å²) in [6, 6.07) is 3.77. The minimum Gasteiger partial charge on any atom is -0.454 e. The first-order valence-corrected chi connectivity index (χ1v) is 7.83. The molecule has 1 amide bonds. The zero-order chi connectivity index (χ0) is 16.1. The fraction of sp³-hybridized carbons (Fsp3) is 0.625. The monoisotopic (exact) mass is 306 g/mol. The number of amides is 1. The molecule has 0 spiro atoms. The molecule has 6 nitrogen and oxygen atoms in total. The van der Waals surface area contributed by atoms with Crippen LogP contribution in [-0.2, 0) is 6.54 Å².